The Balaban J connectivity index is 1.97. The Bertz CT molecular complexity index is 774. The fourth-order valence-electron chi connectivity index (χ4n) is 3.01. The summed E-state index contributed by atoms with van der Waals surface area (Å²) in [6.45, 7) is 4.22. The molecule has 0 bridgehead atoms. The van der Waals surface area contributed by atoms with E-state index in [1.807, 2.05) is 13.8 Å². The molecule has 2 aromatic heterocycles. The Morgan fingerprint density at radius 3 is 2.88 bits per heavy atom. The van der Waals surface area contributed by atoms with Crippen molar-refractivity contribution < 1.29 is 19.7 Å². The second-order valence-electron chi connectivity index (χ2n) is 5.65. The normalized spacial score (nSPS) is 28.5. The zero-order valence-corrected chi connectivity index (χ0v) is 13.4. The number of hydrogen-bond donors (Lipinski definition) is 4. The summed E-state index contributed by atoms with van der Waals surface area (Å²) in [5.41, 5.74) is 5.34. The molecule has 5 N–H and O–H groups in total. The molecule has 10 heteroatoms. The molecular weight excluding hydrogens is 318 g/mol. The highest BCUT2D eigenvalue weighted by Crippen LogP contribution is 2.34. The highest BCUT2D eigenvalue weighted by Gasteiger charge is 2.47. The number of anilines is 1. The Morgan fingerprint density at radius 1 is 1.46 bits per heavy atom. The number of aromatic amines is 1. The summed E-state index contributed by atoms with van der Waals surface area (Å²) in [4.78, 5) is 22.2. The van der Waals surface area contributed by atoms with Crippen LogP contribution in [-0.4, -0.2) is 60.8 Å². The standard InChI is InChI=1S/C14H21N5O5/c1-3-6(23-4-2)10-8(20)9(21)13(24-10)19-5-16-7-11(19)17-14(15)18-12(7)22/h5-6,8-10,13,20-21H,3-4H2,1-2H3,(H3,15,17,18,22)/t6?,8-,9+,10+,13+/m0/s1. The van der Waals surface area contributed by atoms with E-state index in [1.54, 1.807) is 0 Å². The molecule has 0 radical (unpaired) electrons. The van der Waals surface area contributed by atoms with E-state index in [0.717, 1.165) is 0 Å². The predicted octanol–water partition coefficient (Wildman–Crippen LogP) is -0.864. The number of rotatable bonds is 5. The zero-order chi connectivity index (χ0) is 17.4. The Labute approximate surface area is 137 Å². The largest absolute Gasteiger partial charge is 0.387 e. The van der Waals surface area contributed by atoms with Gasteiger partial charge in [-0.15, -0.1) is 0 Å². The van der Waals surface area contributed by atoms with Gasteiger partial charge in [0, 0.05) is 6.61 Å². The third-order valence-electron chi connectivity index (χ3n) is 4.15. The lowest BCUT2D eigenvalue weighted by atomic mass is 10.0. The minimum Gasteiger partial charge on any atom is -0.387 e. The molecule has 24 heavy (non-hydrogen) atoms. The monoisotopic (exact) mass is 339 g/mol. The van der Waals surface area contributed by atoms with Crippen LogP contribution in [0.1, 0.15) is 26.5 Å². The average Bonchev–Trinajstić information content (AvgIpc) is 3.08. The zero-order valence-electron chi connectivity index (χ0n) is 13.4. The van der Waals surface area contributed by atoms with Gasteiger partial charge in [0.15, 0.2) is 17.4 Å². The second-order valence-corrected chi connectivity index (χ2v) is 5.65. The van der Waals surface area contributed by atoms with E-state index in [4.69, 9.17) is 15.2 Å². The molecule has 132 valence electrons. The maximum atomic E-state index is 11.9. The van der Waals surface area contributed by atoms with E-state index < -0.39 is 30.1 Å². The SMILES string of the molecule is CCOC(CC)[C@H]1O[C@@H](n2cnc3c(=O)[nH]c(N)nc32)[C@H](O)[C@@H]1O. The van der Waals surface area contributed by atoms with Crippen molar-refractivity contribution >= 4 is 17.1 Å². The molecule has 3 rings (SSSR count). The molecule has 1 saturated heterocycles. The van der Waals surface area contributed by atoms with E-state index in [-0.39, 0.29) is 23.2 Å². The average molecular weight is 339 g/mol. The number of aliphatic hydroxyl groups is 2. The van der Waals surface area contributed by atoms with Crippen LogP contribution in [0.2, 0.25) is 0 Å². The lowest BCUT2D eigenvalue weighted by Crippen LogP contribution is -2.39. The van der Waals surface area contributed by atoms with Gasteiger partial charge in [-0.25, -0.2) is 4.98 Å². The number of nitrogens with two attached hydrogens (primary N) is 1. The first-order chi connectivity index (χ1) is 11.5. The molecule has 10 nitrogen and oxygen atoms in total. The summed E-state index contributed by atoms with van der Waals surface area (Å²) in [5, 5.41) is 20.7. The number of nitrogens with one attached hydrogen (secondary N) is 1. The molecule has 0 spiro atoms. The first kappa shape index (κ1) is 16.8. The summed E-state index contributed by atoms with van der Waals surface area (Å²) in [6.07, 6.45) is -2.42. The van der Waals surface area contributed by atoms with Crippen molar-refractivity contribution in [3.8, 4) is 0 Å². The minimum absolute atomic E-state index is 0.0698. The van der Waals surface area contributed by atoms with Crippen molar-refractivity contribution in [1.82, 2.24) is 19.5 Å². The van der Waals surface area contributed by atoms with Gasteiger partial charge in [-0.2, -0.15) is 4.98 Å². The topological polar surface area (TPSA) is 149 Å². The number of nitrogens with zero attached hydrogens (tertiary/aromatic N) is 3. The van der Waals surface area contributed by atoms with Gasteiger partial charge < -0.3 is 25.4 Å². The van der Waals surface area contributed by atoms with Crippen LogP contribution in [0.4, 0.5) is 5.95 Å². The van der Waals surface area contributed by atoms with Gasteiger partial charge in [-0.3, -0.25) is 14.3 Å². The van der Waals surface area contributed by atoms with Crippen LogP contribution < -0.4 is 11.3 Å². The van der Waals surface area contributed by atoms with E-state index >= 15 is 0 Å². The molecule has 0 aromatic carbocycles. The number of imidazole rings is 1. The summed E-state index contributed by atoms with van der Waals surface area (Å²) in [5.74, 6) is -0.0698. The quantitative estimate of drug-likeness (QED) is 0.549. The van der Waals surface area contributed by atoms with Gasteiger partial charge in [-0.05, 0) is 13.3 Å². The van der Waals surface area contributed by atoms with E-state index in [0.29, 0.717) is 13.0 Å². The Morgan fingerprint density at radius 2 is 2.21 bits per heavy atom. The molecule has 1 fully saturated rings. The van der Waals surface area contributed by atoms with Crippen molar-refractivity contribution in [2.75, 3.05) is 12.3 Å². The number of aliphatic hydroxyl groups excluding tert-OH is 2. The molecule has 1 aliphatic rings. The van der Waals surface area contributed by atoms with Crippen molar-refractivity contribution in [1.29, 1.82) is 0 Å². The van der Waals surface area contributed by atoms with E-state index in [2.05, 4.69) is 15.0 Å². The second kappa shape index (κ2) is 6.48. The third-order valence-corrected chi connectivity index (χ3v) is 4.15. The number of H-pyrrole nitrogens is 1. The molecule has 2 aromatic rings. The first-order valence-corrected chi connectivity index (χ1v) is 7.83. The molecule has 0 saturated carbocycles. The Kier molecular flexibility index (Phi) is 4.54. The fourth-order valence-corrected chi connectivity index (χ4v) is 3.01. The maximum Gasteiger partial charge on any atom is 0.280 e. The van der Waals surface area contributed by atoms with Gasteiger partial charge in [0.1, 0.15) is 18.3 Å². The van der Waals surface area contributed by atoms with Crippen LogP contribution in [0.25, 0.3) is 11.2 Å². The molecule has 1 unspecified atom stereocenters. The van der Waals surface area contributed by atoms with E-state index in [1.165, 1.54) is 10.9 Å². The highest BCUT2D eigenvalue weighted by molar-refractivity contribution is 5.70. The van der Waals surface area contributed by atoms with Gasteiger partial charge in [0.2, 0.25) is 5.95 Å². The van der Waals surface area contributed by atoms with Gasteiger partial charge in [0.25, 0.3) is 5.56 Å². The van der Waals surface area contributed by atoms with Crippen LogP contribution >= 0.6 is 0 Å². The number of aromatic nitrogens is 4. The van der Waals surface area contributed by atoms with Crippen LogP contribution in [0, 0.1) is 0 Å². The third kappa shape index (κ3) is 2.67. The molecule has 1 aliphatic heterocycles. The van der Waals surface area contributed by atoms with Gasteiger partial charge in [-0.1, -0.05) is 6.92 Å². The molecule has 0 aliphatic carbocycles. The smallest absolute Gasteiger partial charge is 0.280 e. The number of hydrogen-bond acceptors (Lipinski definition) is 8. The maximum absolute atomic E-state index is 11.9. The minimum atomic E-state index is -1.22. The first-order valence-electron chi connectivity index (χ1n) is 7.83. The fraction of sp³-hybridized carbons (Fsp3) is 0.643. The molecule has 5 atom stereocenters. The Hall–Kier alpha value is -2.01. The summed E-state index contributed by atoms with van der Waals surface area (Å²) in [7, 11) is 0. The van der Waals surface area contributed by atoms with Crippen LogP contribution in [0.3, 0.4) is 0 Å². The number of nitrogen functional groups attached to an aromatic ring is 1. The van der Waals surface area contributed by atoms with Gasteiger partial charge >= 0.3 is 0 Å². The lowest BCUT2D eigenvalue weighted by Gasteiger charge is -2.24. The van der Waals surface area contributed by atoms with Crippen molar-refractivity contribution in [2.24, 2.45) is 0 Å². The van der Waals surface area contributed by atoms with E-state index in [9.17, 15) is 15.0 Å². The van der Waals surface area contributed by atoms with Crippen molar-refractivity contribution in [2.45, 2.75) is 50.9 Å². The van der Waals surface area contributed by atoms with Crippen LogP contribution in [-0.2, 0) is 9.47 Å². The van der Waals surface area contributed by atoms with Crippen molar-refractivity contribution in [3.63, 3.8) is 0 Å². The number of ether oxygens (including phenoxy) is 2. The molecule has 0 amide bonds. The summed E-state index contributed by atoms with van der Waals surface area (Å²) < 4.78 is 12.8. The predicted molar refractivity (Wildman–Crippen MR) is 84.2 cm³/mol. The van der Waals surface area contributed by atoms with Crippen LogP contribution in [0.15, 0.2) is 11.1 Å². The lowest BCUT2D eigenvalue weighted by molar-refractivity contribution is -0.106. The highest BCUT2D eigenvalue weighted by atomic mass is 16.6. The summed E-state index contributed by atoms with van der Waals surface area (Å²) in [6, 6.07) is 0. The molecular formula is C14H21N5O5. The van der Waals surface area contributed by atoms with Crippen LogP contribution in [0.5, 0.6) is 0 Å². The van der Waals surface area contributed by atoms with Crippen molar-refractivity contribution in [3.05, 3.63) is 16.7 Å². The van der Waals surface area contributed by atoms with Gasteiger partial charge in [0.05, 0.1) is 12.4 Å². The number of fused-ring (bicyclic) bond motifs is 1. The summed E-state index contributed by atoms with van der Waals surface area (Å²) >= 11 is 0. The molecule has 3 heterocycles.